The van der Waals surface area contributed by atoms with Crippen LogP contribution in [0.1, 0.15) is 12.8 Å². The Bertz CT molecular complexity index is 802. The zero-order valence-electron chi connectivity index (χ0n) is 12.0. The van der Waals surface area contributed by atoms with Crippen LogP contribution in [0.2, 0.25) is 0 Å². The molecule has 5 heteroatoms. The highest BCUT2D eigenvalue weighted by molar-refractivity contribution is 6.06. The molecule has 3 aromatic rings. The van der Waals surface area contributed by atoms with Crippen molar-refractivity contribution in [2.75, 3.05) is 18.0 Å². The molecule has 0 unspecified atom stereocenters. The summed E-state index contributed by atoms with van der Waals surface area (Å²) in [4.78, 5) is 11.2. The molecule has 0 aromatic carbocycles. The molecule has 3 aromatic heterocycles. The summed E-state index contributed by atoms with van der Waals surface area (Å²) in [5, 5.41) is 2.24. The maximum Gasteiger partial charge on any atom is 0.143 e. The highest BCUT2D eigenvalue weighted by atomic mass is 18.2. The topological polar surface area (TPSA) is 34.0 Å². The lowest BCUT2D eigenvalue weighted by molar-refractivity contribution is 0.277. The van der Waals surface area contributed by atoms with Gasteiger partial charge in [-0.3, -0.25) is 4.98 Å². The average Bonchev–Trinajstić information content (AvgIpc) is 2.81. The number of halogens is 1. The molecule has 0 spiro atoms. The fraction of sp³-hybridized carbons (Fsp3) is 0.375. The Labute approximate surface area is 122 Å². The fourth-order valence-corrected chi connectivity index (χ4v) is 3.16. The van der Waals surface area contributed by atoms with E-state index in [-0.39, 0.29) is 0 Å². The number of aromatic nitrogens is 3. The van der Waals surface area contributed by atoms with Crippen LogP contribution in [-0.4, -0.2) is 33.8 Å². The first-order valence-electron chi connectivity index (χ1n) is 7.32. The van der Waals surface area contributed by atoms with Crippen LogP contribution in [0.15, 0.2) is 30.6 Å². The van der Waals surface area contributed by atoms with Gasteiger partial charge in [0.05, 0.1) is 5.52 Å². The van der Waals surface area contributed by atoms with Gasteiger partial charge >= 0.3 is 0 Å². The summed E-state index contributed by atoms with van der Waals surface area (Å²) in [5.74, 6) is 0.938. The molecule has 0 atom stereocenters. The minimum atomic E-state index is -0.659. The molecule has 4 nitrogen and oxygen atoms in total. The van der Waals surface area contributed by atoms with Crippen molar-refractivity contribution in [2.45, 2.75) is 19.0 Å². The van der Waals surface area contributed by atoms with Crippen molar-refractivity contribution in [1.29, 1.82) is 0 Å². The lowest BCUT2D eigenvalue weighted by atomic mass is 10.1. The number of rotatable bonds is 1. The predicted molar refractivity (Wildman–Crippen MR) is 82.4 cm³/mol. The van der Waals surface area contributed by atoms with E-state index in [1.807, 2.05) is 25.4 Å². The second-order valence-corrected chi connectivity index (χ2v) is 5.65. The summed E-state index contributed by atoms with van der Waals surface area (Å²) < 4.78 is 15.4. The van der Waals surface area contributed by atoms with E-state index < -0.39 is 6.17 Å². The summed E-state index contributed by atoms with van der Waals surface area (Å²) >= 11 is 0. The first-order chi connectivity index (χ1) is 10.2. The molecule has 0 radical (unpaired) electrons. The van der Waals surface area contributed by atoms with E-state index in [1.165, 1.54) is 0 Å². The molecular weight excluding hydrogens is 266 g/mol. The number of hydrogen-bond donors (Lipinski definition) is 0. The molecular formula is C16H17FN4. The molecule has 4 rings (SSSR count). The molecule has 4 heterocycles. The van der Waals surface area contributed by atoms with Crippen molar-refractivity contribution in [3.8, 4) is 0 Å². The fourth-order valence-electron chi connectivity index (χ4n) is 3.16. The number of pyridine rings is 2. The van der Waals surface area contributed by atoms with Gasteiger partial charge in [-0.15, -0.1) is 0 Å². The van der Waals surface area contributed by atoms with E-state index in [1.54, 1.807) is 6.20 Å². The minimum absolute atomic E-state index is 0.596. The minimum Gasteiger partial charge on any atom is -0.356 e. The first kappa shape index (κ1) is 12.6. The van der Waals surface area contributed by atoms with Crippen molar-refractivity contribution in [1.82, 2.24) is 14.5 Å². The highest BCUT2D eigenvalue weighted by Gasteiger charge is 2.20. The monoisotopic (exact) mass is 283 g/mol. The maximum absolute atomic E-state index is 13.3. The van der Waals surface area contributed by atoms with Gasteiger partial charge in [-0.05, 0) is 31.0 Å². The first-order valence-corrected chi connectivity index (χ1v) is 7.32. The summed E-state index contributed by atoms with van der Waals surface area (Å²) in [6, 6.07) is 6.14. The third-order valence-corrected chi connectivity index (χ3v) is 4.38. The largest absolute Gasteiger partial charge is 0.356 e. The number of piperidine rings is 1. The molecule has 0 N–H and O–H groups in total. The molecule has 0 saturated carbocycles. The van der Waals surface area contributed by atoms with Gasteiger partial charge in [-0.2, -0.15) is 0 Å². The van der Waals surface area contributed by atoms with Gasteiger partial charge in [-0.1, -0.05) is 0 Å². The van der Waals surface area contributed by atoms with E-state index in [0.717, 1.165) is 40.8 Å². The standard InChI is InChI=1S/C16H17FN4/c1-20-14-4-7-18-10-13(14)12-2-3-15(19-16(12)20)21-8-5-11(17)6-9-21/h2-4,7,10-11H,5-6,8-9H2,1H3/i17-1. The summed E-state index contributed by atoms with van der Waals surface area (Å²) in [6.45, 7) is 1.48. The summed E-state index contributed by atoms with van der Waals surface area (Å²) in [5.41, 5.74) is 2.09. The van der Waals surface area contributed by atoms with Crippen LogP contribution in [0.4, 0.5) is 10.2 Å². The lowest BCUT2D eigenvalue weighted by Gasteiger charge is -2.29. The van der Waals surface area contributed by atoms with Crippen LogP contribution >= 0.6 is 0 Å². The Kier molecular flexibility index (Phi) is 2.80. The quantitative estimate of drug-likeness (QED) is 0.688. The Balaban J connectivity index is 1.83. The van der Waals surface area contributed by atoms with E-state index in [0.29, 0.717) is 12.8 Å². The van der Waals surface area contributed by atoms with Crippen LogP contribution in [0, 0.1) is 0 Å². The Morgan fingerprint density at radius 2 is 1.95 bits per heavy atom. The number of hydrogen-bond acceptors (Lipinski definition) is 3. The number of fused-ring (bicyclic) bond motifs is 3. The number of alkyl halides is 1. The smallest absolute Gasteiger partial charge is 0.143 e. The van der Waals surface area contributed by atoms with Crippen molar-refractivity contribution < 1.29 is 4.39 Å². The third kappa shape index (κ3) is 1.95. The Morgan fingerprint density at radius 1 is 1.14 bits per heavy atom. The van der Waals surface area contributed by atoms with Crippen LogP contribution < -0.4 is 4.90 Å². The van der Waals surface area contributed by atoms with Crippen molar-refractivity contribution >= 4 is 27.8 Å². The van der Waals surface area contributed by atoms with Crippen LogP contribution in [0.5, 0.6) is 0 Å². The molecule has 0 bridgehead atoms. The molecule has 0 aliphatic carbocycles. The molecule has 1 aliphatic rings. The van der Waals surface area contributed by atoms with Gasteiger partial charge in [0.1, 0.15) is 17.6 Å². The van der Waals surface area contributed by atoms with Gasteiger partial charge in [0.2, 0.25) is 0 Å². The summed E-state index contributed by atoms with van der Waals surface area (Å²) in [7, 11) is 2.02. The number of anilines is 1. The normalized spacial score (nSPS) is 17.0. The Hall–Kier alpha value is -2.17. The third-order valence-electron chi connectivity index (χ3n) is 4.38. The average molecular weight is 283 g/mol. The van der Waals surface area contributed by atoms with E-state index >= 15 is 0 Å². The number of aryl methyl sites for hydroxylation is 1. The van der Waals surface area contributed by atoms with Crippen LogP contribution in [-0.2, 0) is 7.05 Å². The summed E-state index contributed by atoms with van der Waals surface area (Å²) in [6.07, 6.45) is 4.22. The van der Waals surface area contributed by atoms with Gasteiger partial charge in [0.25, 0.3) is 0 Å². The molecule has 0 amide bonds. The Morgan fingerprint density at radius 3 is 2.76 bits per heavy atom. The van der Waals surface area contributed by atoms with Gasteiger partial charge in [-0.25, -0.2) is 9.37 Å². The van der Waals surface area contributed by atoms with E-state index in [4.69, 9.17) is 4.98 Å². The van der Waals surface area contributed by atoms with Crippen molar-refractivity contribution in [2.24, 2.45) is 7.05 Å². The molecule has 1 aliphatic heterocycles. The van der Waals surface area contributed by atoms with Crippen molar-refractivity contribution in [3.63, 3.8) is 0 Å². The molecule has 108 valence electrons. The SMILES string of the molecule is Cn1c2ccncc2c2ccc(N3CCC([18F])CC3)nc21. The predicted octanol–water partition coefficient (Wildman–Crippen LogP) is 3.06. The molecule has 1 fully saturated rings. The second kappa shape index (κ2) is 4.69. The van der Waals surface area contributed by atoms with Crippen LogP contribution in [0.25, 0.3) is 21.9 Å². The zero-order valence-corrected chi connectivity index (χ0v) is 12.0. The maximum atomic E-state index is 13.3. The van der Waals surface area contributed by atoms with Gasteiger partial charge in [0.15, 0.2) is 0 Å². The highest BCUT2D eigenvalue weighted by Crippen LogP contribution is 2.29. The lowest BCUT2D eigenvalue weighted by Crippen LogP contribution is -2.34. The molecule has 1 saturated heterocycles. The zero-order chi connectivity index (χ0) is 14.4. The second-order valence-electron chi connectivity index (χ2n) is 5.65. The van der Waals surface area contributed by atoms with Gasteiger partial charge in [0, 0.05) is 43.3 Å². The number of nitrogens with zero attached hydrogens (tertiary/aromatic N) is 4. The van der Waals surface area contributed by atoms with Crippen molar-refractivity contribution in [3.05, 3.63) is 30.6 Å². The van der Waals surface area contributed by atoms with Gasteiger partial charge < -0.3 is 9.47 Å². The van der Waals surface area contributed by atoms with E-state index in [9.17, 15) is 4.39 Å². The molecule has 21 heavy (non-hydrogen) atoms. The van der Waals surface area contributed by atoms with Crippen LogP contribution in [0.3, 0.4) is 0 Å². The van der Waals surface area contributed by atoms with E-state index in [2.05, 4.69) is 20.5 Å².